The van der Waals surface area contributed by atoms with Gasteiger partial charge in [0, 0.05) is 31.1 Å². The highest BCUT2D eigenvalue weighted by Gasteiger charge is 2.37. The average molecular weight is 413 g/mol. The van der Waals surface area contributed by atoms with Gasteiger partial charge in [0.15, 0.2) is 0 Å². The summed E-state index contributed by atoms with van der Waals surface area (Å²) in [5, 5.41) is 0.391. The molecule has 3 rings (SSSR count). The number of carbonyl (C=O) groups excluding carboxylic acids is 2. The number of hydrogen-bond acceptors (Lipinski definition) is 2. The molecule has 2 aliphatic carbocycles. The van der Waals surface area contributed by atoms with E-state index >= 15 is 0 Å². The van der Waals surface area contributed by atoms with E-state index in [1.54, 1.807) is 0 Å². The second-order valence-corrected chi connectivity index (χ2v) is 8.68. The number of rotatable bonds is 4. The normalized spacial score (nSPS) is 24.3. The van der Waals surface area contributed by atoms with Crippen LogP contribution in [0.5, 0.6) is 0 Å². The molecule has 2 saturated carbocycles. The molecule has 5 heteroatoms. The second-order valence-electron chi connectivity index (χ2n) is 8.12. The Balaban J connectivity index is 1.65. The molecular formula is C20H33BrN2O2. The van der Waals surface area contributed by atoms with Crippen LogP contribution in [0.1, 0.15) is 77.0 Å². The number of carbonyl (C=O) groups is 2. The van der Waals surface area contributed by atoms with Gasteiger partial charge in [0.2, 0.25) is 11.8 Å². The first-order valence-corrected chi connectivity index (χ1v) is 11.5. The molecule has 0 radical (unpaired) electrons. The topological polar surface area (TPSA) is 40.6 Å². The van der Waals surface area contributed by atoms with Gasteiger partial charge in [-0.25, -0.2) is 0 Å². The van der Waals surface area contributed by atoms with Crippen molar-refractivity contribution in [2.24, 2.45) is 5.92 Å². The Hall–Kier alpha value is -0.580. The molecule has 4 nitrogen and oxygen atoms in total. The molecular weight excluding hydrogens is 380 g/mol. The van der Waals surface area contributed by atoms with E-state index in [1.807, 2.05) is 4.90 Å². The molecule has 3 aliphatic rings. The highest BCUT2D eigenvalue weighted by Crippen LogP contribution is 2.33. The Morgan fingerprint density at radius 1 is 0.800 bits per heavy atom. The van der Waals surface area contributed by atoms with Crippen molar-refractivity contribution in [1.82, 2.24) is 9.80 Å². The minimum Gasteiger partial charge on any atom is -0.342 e. The zero-order valence-corrected chi connectivity index (χ0v) is 17.0. The van der Waals surface area contributed by atoms with E-state index in [4.69, 9.17) is 0 Å². The lowest BCUT2D eigenvalue weighted by molar-refractivity contribution is -0.145. The van der Waals surface area contributed by atoms with Gasteiger partial charge in [0.25, 0.3) is 0 Å². The summed E-state index contributed by atoms with van der Waals surface area (Å²) in [6, 6.07) is 0.957. The SMILES string of the molecule is O=C(CBr)N1CCC(C(=O)N(C2CCCCC2)C2CCCCC2)CC1. The van der Waals surface area contributed by atoms with Crippen LogP contribution in [-0.4, -0.2) is 52.1 Å². The standard InChI is InChI=1S/C20H33BrN2O2/c21-15-19(24)22-13-11-16(12-14-22)20(25)23(17-7-3-1-4-8-17)18-9-5-2-6-10-18/h16-18H,1-15H2. The number of nitrogens with zero attached hydrogens (tertiary/aromatic N) is 2. The molecule has 25 heavy (non-hydrogen) atoms. The van der Waals surface area contributed by atoms with E-state index in [2.05, 4.69) is 20.8 Å². The summed E-state index contributed by atoms with van der Waals surface area (Å²) >= 11 is 3.26. The van der Waals surface area contributed by atoms with Crippen LogP contribution in [0.2, 0.25) is 0 Å². The molecule has 0 aromatic rings. The van der Waals surface area contributed by atoms with Crippen LogP contribution in [0.25, 0.3) is 0 Å². The van der Waals surface area contributed by atoms with E-state index in [0.717, 1.165) is 25.9 Å². The van der Waals surface area contributed by atoms with E-state index in [9.17, 15) is 9.59 Å². The largest absolute Gasteiger partial charge is 0.342 e. The summed E-state index contributed by atoms with van der Waals surface area (Å²) < 4.78 is 0. The summed E-state index contributed by atoms with van der Waals surface area (Å²) in [5.74, 6) is 0.690. The van der Waals surface area contributed by atoms with Crippen molar-refractivity contribution in [1.29, 1.82) is 0 Å². The average Bonchev–Trinajstić information content (AvgIpc) is 2.69. The monoisotopic (exact) mass is 412 g/mol. The fourth-order valence-corrected chi connectivity index (χ4v) is 5.40. The second kappa shape index (κ2) is 9.38. The number of hydrogen-bond donors (Lipinski definition) is 0. The first-order chi connectivity index (χ1) is 12.2. The Morgan fingerprint density at radius 2 is 1.28 bits per heavy atom. The Bertz CT molecular complexity index is 433. The predicted octanol–water partition coefficient (Wildman–Crippen LogP) is 4.11. The fraction of sp³-hybridized carbons (Fsp3) is 0.900. The molecule has 142 valence electrons. The van der Waals surface area contributed by atoms with Gasteiger partial charge < -0.3 is 9.80 Å². The molecule has 0 bridgehead atoms. The van der Waals surface area contributed by atoms with Crippen molar-refractivity contribution in [2.45, 2.75) is 89.1 Å². The van der Waals surface area contributed by atoms with E-state index < -0.39 is 0 Å². The quantitative estimate of drug-likeness (QED) is 0.651. The van der Waals surface area contributed by atoms with Crippen molar-refractivity contribution in [3.05, 3.63) is 0 Å². The van der Waals surface area contributed by atoms with Gasteiger partial charge in [-0.3, -0.25) is 9.59 Å². The van der Waals surface area contributed by atoms with Gasteiger partial charge in [-0.1, -0.05) is 54.5 Å². The zero-order valence-electron chi connectivity index (χ0n) is 15.4. The highest BCUT2D eigenvalue weighted by atomic mass is 79.9. The van der Waals surface area contributed by atoms with Crippen molar-refractivity contribution in [2.75, 3.05) is 18.4 Å². The third-order valence-electron chi connectivity index (χ3n) is 6.50. The first-order valence-electron chi connectivity index (χ1n) is 10.4. The Labute approximate surface area is 160 Å². The smallest absolute Gasteiger partial charge is 0.233 e. The van der Waals surface area contributed by atoms with E-state index in [1.165, 1.54) is 64.2 Å². The molecule has 0 unspecified atom stereocenters. The zero-order chi connectivity index (χ0) is 17.6. The fourth-order valence-electron chi connectivity index (χ4n) is 5.05. The molecule has 2 amide bonds. The maximum Gasteiger partial charge on any atom is 0.233 e. The van der Waals surface area contributed by atoms with Gasteiger partial charge in [0.05, 0.1) is 5.33 Å². The summed E-state index contributed by atoms with van der Waals surface area (Å²) in [6.07, 6.45) is 14.2. The van der Waals surface area contributed by atoms with Crippen molar-refractivity contribution in [3.63, 3.8) is 0 Å². The summed E-state index contributed by atoms with van der Waals surface area (Å²) in [7, 11) is 0. The lowest BCUT2D eigenvalue weighted by Crippen LogP contribution is -2.52. The van der Waals surface area contributed by atoms with Crippen LogP contribution >= 0.6 is 15.9 Å². The maximum absolute atomic E-state index is 13.5. The van der Waals surface area contributed by atoms with Crippen LogP contribution in [0.3, 0.4) is 0 Å². The molecule has 3 fully saturated rings. The number of likely N-dealkylation sites (tertiary alicyclic amines) is 1. The molecule has 1 saturated heterocycles. The third-order valence-corrected chi connectivity index (χ3v) is 6.98. The van der Waals surface area contributed by atoms with Crippen LogP contribution < -0.4 is 0 Å². The van der Waals surface area contributed by atoms with Gasteiger partial charge >= 0.3 is 0 Å². The predicted molar refractivity (Wildman–Crippen MR) is 104 cm³/mol. The summed E-state index contributed by atoms with van der Waals surface area (Å²) in [5.41, 5.74) is 0. The lowest BCUT2D eigenvalue weighted by Gasteiger charge is -2.44. The molecule has 0 aromatic carbocycles. The number of piperidine rings is 1. The summed E-state index contributed by atoms with van der Waals surface area (Å²) in [4.78, 5) is 29.6. The minimum atomic E-state index is 0.128. The molecule has 0 N–H and O–H groups in total. The molecule has 1 heterocycles. The molecule has 0 spiro atoms. The lowest BCUT2D eigenvalue weighted by atomic mass is 9.86. The molecule has 0 aromatic heterocycles. The van der Waals surface area contributed by atoms with Gasteiger partial charge in [-0.05, 0) is 38.5 Å². The van der Waals surface area contributed by atoms with Crippen LogP contribution in [0.15, 0.2) is 0 Å². The Kier molecular flexibility index (Phi) is 7.20. The number of halogens is 1. The van der Waals surface area contributed by atoms with Crippen LogP contribution in [0.4, 0.5) is 0 Å². The molecule has 0 atom stereocenters. The third kappa shape index (κ3) is 4.78. The van der Waals surface area contributed by atoms with Crippen LogP contribution in [0, 0.1) is 5.92 Å². The van der Waals surface area contributed by atoms with Crippen molar-refractivity contribution in [3.8, 4) is 0 Å². The van der Waals surface area contributed by atoms with Gasteiger partial charge in [-0.2, -0.15) is 0 Å². The highest BCUT2D eigenvalue weighted by molar-refractivity contribution is 9.09. The number of alkyl halides is 1. The maximum atomic E-state index is 13.5. The first kappa shape index (κ1) is 19.2. The van der Waals surface area contributed by atoms with Gasteiger partial charge in [0.1, 0.15) is 0 Å². The minimum absolute atomic E-state index is 0.128. The number of amides is 2. The van der Waals surface area contributed by atoms with E-state index in [-0.39, 0.29) is 11.8 Å². The summed E-state index contributed by atoms with van der Waals surface area (Å²) in [6.45, 7) is 1.48. The van der Waals surface area contributed by atoms with E-state index in [0.29, 0.717) is 23.3 Å². The van der Waals surface area contributed by atoms with Crippen molar-refractivity contribution >= 4 is 27.7 Å². The Morgan fingerprint density at radius 3 is 1.72 bits per heavy atom. The molecule has 1 aliphatic heterocycles. The van der Waals surface area contributed by atoms with Crippen molar-refractivity contribution < 1.29 is 9.59 Å². The van der Waals surface area contributed by atoms with Gasteiger partial charge in [-0.15, -0.1) is 0 Å². The van der Waals surface area contributed by atoms with Crippen LogP contribution in [-0.2, 0) is 9.59 Å².